The van der Waals surface area contributed by atoms with Crippen molar-refractivity contribution in [3.05, 3.63) is 59.8 Å². The van der Waals surface area contributed by atoms with Gasteiger partial charge in [-0.3, -0.25) is 19.6 Å². The summed E-state index contributed by atoms with van der Waals surface area (Å²) in [4.78, 5) is 26.4. The number of rotatable bonds is 5. The summed E-state index contributed by atoms with van der Waals surface area (Å²) in [5.74, 6) is -0.473. The fraction of sp³-hybridized carbons (Fsp3) is 0.286. The third-order valence-corrected chi connectivity index (χ3v) is 5.20. The van der Waals surface area contributed by atoms with E-state index in [0.717, 1.165) is 35.9 Å². The van der Waals surface area contributed by atoms with Gasteiger partial charge in [0.25, 0.3) is 5.91 Å². The van der Waals surface area contributed by atoms with Gasteiger partial charge in [-0.05, 0) is 55.3 Å². The normalized spacial score (nSPS) is 17.5. The van der Waals surface area contributed by atoms with Crippen LogP contribution in [0.15, 0.2) is 48.7 Å². The second-order valence-electron chi connectivity index (χ2n) is 7.30. The minimum Gasteiger partial charge on any atom is -0.369 e. The number of nitrogens with one attached hydrogen (secondary N) is 2. The molecule has 1 aliphatic heterocycles. The van der Waals surface area contributed by atoms with Crippen LogP contribution >= 0.6 is 0 Å². The maximum Gasteiger partial charge on any atom is 0.255 e. The number of aromatic nitrogens is 2. The number of carbonyl (C=O) groups excluding carboxylic acids is 2. The topological polar surface area (TPSA) is 104 Å². The number of aromatic amines is 1. The van der Waals surface area contributed by atoms with Crippen molar-refractivity contribution in [3.63, 3.8) is 0 Å². The van der Waals surface area contributed by atoms with Crippen molar-refractivity contribution in [2.24, 2.45) is 11.7 Å². The molecule has 0 unspecified atom stereocenters. The van der Waals surface area contributed by atoms with Crippen molar-refractivity contribution in [1.29, 1.82) is 0 Å². The first kappa shape index (κ1) is 18.2. The molecule has 0 radical (unpaired) electrons. The molecule has 7 heteroatoms. The van der Waals surface area contributed by atoms with Crippen LogP contribution in [-0.4, -0.2) is 40.0 Å². The van der Waals surface area contributed by atoms with E-state index in [1.54, 1.807) is 12.3 Å². The molecule has 4 N–H and O–H groups in total. The lowest BCUT2D eigenvalue weighted by atomic mass is 9.97. The number of anilines is 1. The largest absolute Gasteiger partial charge is 0.369 e. The molecule has 0 spiro atoms. The number of likely N-dealkylation sites (tertiary alicyclic amines) is 1. The predicted octanol–water partition coefficient (Wildman–Crippen LogP) is 2.51. The third-order valence-electron chi connectivity index (χ3n) is 5.20. The van der Waals surface area contributed by atoms with Crippen molar-refractivity contribution in [1.82, 2.24) is 15.1 Å². The number of primary amides is 1. The third kappa shape index (κ3) is 4.04. The first-order chi connectivity index (χ1) is 13.6. The van der Waals surface area contributed by atoms with Crippen LogP contribution in [0, 0.1) is 5.92 Å². The van der Waals surface area contributed by atoms with Crippen LogP contribution in [0.25, 0.3) is 10.9 Å². The number of carbonyl (C=O) groups is 2. The van der Waals surface area contributed by atoms with Gasteiger partial charge in [-0.2, -0.15) is 5.10 Å². The van der Waals surface area contributed by atoms with Crippen LogP contribution in [0.4, 0.5) is 5.69 Å². The summed E-state index contributed by atoms with van der Waals surface area (Å²) in [6, 6.07) is 13.2. The van der Waals surface area contributed by atoms with Crippen LogP contribution in [0.2, 0.25) is 0 Å². The Morgan fingerprint density at radius 1 is 1.25 bits per heavy atom. The fourth-order valence-electron chi connectivity index (χ4n) is 3.72. The summed E-state index contributed by atoms with van der Waals surface area (Å²) < 4.78 is 0. The van der Waals surface area contributed by atoms with E-state index in [0.29, 0.717) is 24.3 Å². The van der Waals surface area contributed by atoms with Gasteiger partial charge in [0.2, 0.25) is 5.91 Å². The first-order valence-electron chi connectivity index (χ1n) is 9.43. The van der Waals surface area contributed by atoms with E-state index in [4.69, 9.17) is 5.73 Å². The Labute approximate surface area is 162 Å². The van der Waals surface area contributed by atoms with E-state index < -0.39 is 0 Å². The van der Waals surface area contributed by atoms with Gasteiger partial charge < -0.3 is 11.1 Å². The highest BCUT2D eigenvalue weighted by Gasteiger charge is 2.24. The molecule has 2 heterocycles. The van der Waals surface area contributed by atoms with Crippen molar-refractivity contribution < 1.29 is 9.59 Å². The van der Waals surface area contributed by atoms with Crippen LogP contribution in [0.1, 0.15) is 28.8 Å². The molecule has 1 fully saturated rings. The average molecular weight is 377 g/mol. The van der Waals surface area contributed by atoms with Gasteiger partial charge in [-0.15, -0.1) is 0 Å². The fourth-order valence-corrected chi connectivity index (χ4v) is 3.72. The minimum absolute atomic E-state index is 0.0855. The highest BCUT2D eigenvalue weighted by molar-refractivity contribution is 6.05. The first-order valence-corrected chi connectivity index (χ1v) is 9.43. The van der Waals surface area contributed by atoms with Crippen molar-refractivity contribution >= 4 is 28.4 Å². The Bertz CT molecular complexity index is 1010. The Balaban J connectivity index is 1.43. The summed E-state index contributed by atoms with van der Waals surface area (Å²) in [6.45, 7) is 2.31. The van der Waals surface area contributed by atoms with Crippen molar-refractivity contribution in [2.75, 3.05) is 18.4 Å². The molecule has 2 aromatic carbocycles. The summed E-state index contributed by atoms with van der Waals surface area (Å²) in [7, 11) is 0. The molecule has 0 aliphatic carbocycles. The molecule has 4 rings (SSSR count). The standard InChI is InChI=1S/C21H23N5O2/c22-20(27)17-5-2-8-26(13-17)12-14-3-1-4-15(9-14)21(28)24-18-7-6-16-11-23-25-19(16)10-18/h1,3-4,6-7,9-11,17H,2,5,8,12-13H2,(H2,22,27)(H,23,25)(H,24,28)/t17-/m1/s1. The number of nitrogens with zero attached hydrogens (tertiary/aromatic N) is 2. The maximum absolute atomic E-state index is 12.7. The van der Waals surface area contributed by atoms with Gasteiger partial charge in [-0.25, -0.2) is 0 Å². The van der Waals surface area contributed by atoms with Crippen LogP contribution < -0.4 is 11.1 Å². The Morgan fingerprint density at radius 3 is 3.00 bits per heavy atom. The lowest BCUT2D eigenvalue weighted by Crippen LogP contribution is -2.40. The number of amides is 2. The zero-order valence-corrected chi connectivity index (χ0v) is 15.5. The highest BCUT2D eigenvalue weighted by atomic mass is 16.2. The van der Waals surface area contributed by atoms with Crippen LogP contribution in [0.3, 0.4) is 0 Å². The lowest BCUT2D eigenvalue weighted by Gasteiger charge is -2.31. The van der Waals surface area contributed by atoms with E-state index in [-0.39, 0.29) is 17.7 Å². The van der Waals surface area contributed by atoms with E-state index in [2.05, 4.69) is 20.4 Å². The second kappa shape index (κ2) is 7.82. The highest BCUT2D eigenvalue weighted by Crippen LogP contribution is 2.20. The molecule has 3 aromatic rings. The van der Waals surface area contributed by atoms with Crippen LogP contribution in [0.5, 0.6) is 0 Å². The smallest absolute Gasteiger partial charge is 0.255 e. The van der Waals surface area contributed by atoms with E-state index in [1.165, 1.54) is 0 Å². The van der Waals surface area contributed by atoms with Gasteiger partial charge in [0, 0.05) is 29.7 Å². The molecule has 2 amide bonds. The number of H-pyrrole nitrogens is 1. The minimum atomic E-state index is -0.230. The summed E-state index contributed by atoms with van der Waals surface area (Å²) in [5.41, 5.74) is 8.70. The average Bonchev–Trinajstić information content (AvgIpc) is 3.16. The van der Waals surface area contributed by atoms with Crippen LogP contribution in [-0.2, 0) is 11.3 Å². The molecular weight excluding hydrogens is 354 g/mol. The maximum atomic E-state index is 12.7. The van der Waals surface area contributed by atoms with Gasteiger partial charge >= 0.3 is 0 Å². The number of benzene rings is 2. The zero-order chi connectivity index (χ0) is 19.5. The SMILES string of the molecule is NC(=O)[C@@H]1CCCN(Cc2cccc(C(=O)Nc3ccc4cn[nH]c4c3)c2)C1. The molecule has 144 valence electrons. The molecule has 28 heavy (non-hydrogen) atoms. The summed E-state index contributed by atoms with van der Waals surface area (Å²) in [5, 5.41) is 10.8. The van der Waals surface area contributed by atoms with E-state index >= 15 is 0 Å². The summed E-state index contributed by atoms with van der Waals surface area (Å²) >= 11 is 0. The predicted molar refractivity (Wildman–Crippen MR) is 108 cm³/mol. The van der Waals surface area contributed by atoms with Gasteiger partial charge in [-0.1, -0.05) is 12.1 Å². The molecule has 0 bridgehead atoms. The number of hydrogen-bond acceptors (Lipinski definition) is 4. The Kier molecular flexibility index (Phi) is 5.08. The number of fused-ring (bicyclic) bond motifs is 1. The quantitative estimate of drug-likeness (QED) is 0.635. The van der Waals surface area contributed by atoms with Gasteiger partial charge in [0.15, 0.2) is 0 Å². The second-order valence-corrected chi connectivity index (χ2v) is 7.30. The zero-order valence-electron chi connectivity index (χ0n) is 15.5. The number of nitrogens with two attached hydrogens (primary N) is 1. The molecule has 1 saturated heterocycles. The van der Waals surface area contributed by atoms with E-state index in [9.17, 15) is 9.59 Å². The van der Waals surface area contributed by atoms with Gasteiger partial charge in [0.05, 0.1) is 17.6 Å². The number of hydrogen-bond donors (Lipinski definition) is 3. The Morgan fingerprint density at radius 2 is 2.14 bits per heavy atom. The molecule has 7 nitrogen and oxygen atoms in total. The van der Waals surface area contributed by atoms with Crippen molar-refractivity contribution in [2.45, 2.75) is 19.4 Å². The van der Waals surface area contributed by atoms with Gasteiger partial charge in [0.1, 0.15) is 0 Å². The number of piperidine rings is 1. The van der Waals surface area contributed by atoms with E-state index in [1.807, 2.05) is 36.4 Å². The van der Waals surface area contributed by atoms with Crippen molar-refractivity contribution in [3.8, 4) is 0 Å². The molecule has 0 saturated carbocycles. The molecular formula is C21H23N5O2. The molecule has 1 aliphatic rings. The molecule has 1 aromatic heterocycles. The lowest BCUT2D eigenvalue weighted by molar-refractivity contribution is -0.123. The Hall–Kier alpha value is -3.19. The molecule has 1 atom stereocenters. The monoisotopic (exact) mass is 377 g/mol. The summed E-state index contributed by atoms with van der Waals surface area (Å²) in [6.07, 6.45) is 3.56.